The smallest absolute Gasteiger partial charge is 0 e. The van der Waals surface area contributed by atoms with Crippen LogP contribution in [0.5, 0.6) is 11.5 Å². The van der Waals surface area contributed by atoms with Crippen LogP contribution in [-0.4, -0.2) is 58.7 Å². The average molecular weight is 847 g/mol. The number of halogens is 2. The van der Waals surface area contributed by atoms with Crippen molar-refractivity contribution in [1.82, 2.24) is 0 Å². The van der Waals surface area contributed by atoms with Gasteiger partial charge in [0.2, 0.25) is 0 Å². The predicted molar refractivity (Wildman–Crippen MR) is 178 cm³/mol. The molecule has 0 aliphatic rings. The summed E-state index contributed by atoms with van der Waals surface area (Å²) in [7, 11) is 3.29. The Bertz CT molecular complexity index is 1390. The molecule has 4 aromatic carbocycles. The van der Waals surface area contributed by atoms with E-state index < -0.39 is 0 Å². The average Bonchev–Trinajstić information content (AvgIpc) is 2.98. The predicted octanol–water partition coefficient (Wildman–Crippen LogP) is 8.74. The Balaban J connectivity index is 0.000000280. The first kappa shape index (κ1) is 35.0. The van der Waals surface area contributed by atoms with Gasteiger partial charge in [-0.15, -0.1) is 0 Å². The molecule has 0 bridgehead atoms. The van der Waals surface area contributed by atoms with Crippen molar-refractivity contribution >= 4 is 96.6 Å². The normalized spacial score (nSPS) is 11.5. The van der Waals surface area contributed by atoms with E-state index in [1.807, 2.05) is 109 Å². The maximum atomic E-state index is 5.25. The second kappa shape index (κ2) is 19.1. The third kappa shape index (κ3) is 11.9. The Morgan fingerprint density at radius 2 is 0.927 bits per heavy atom. The molecule has 4 nitrogen and oxygen atoms in total. The summed E-state index contributed by atoms with van der Waals surface area (Å²) < 4.78 is 14.7. The number of benzene rings is 4. The summed E-state index contributed by atoms with van der Waals surface area (Å²) in [6.45, 7) is 0. The maximum absolute atomic E-state index is 5.25. The molecule has 0 saturated carbocycles. The molecule has 0 saturated heterocycles. The molecule has 0 fully saturated rings. The standard InChI is InChI=1S/2C16H13BrNOSe.Ni/c2*1-19-15-5-3-2-4-14(15)18-11-10-16(20)12-6-8-13(17)9-7-12;/h2*2-11H,1H3;/b2*16-10-,18-11?;. The van der Waals surface area contributed by atoms with Crippen LogP contribution in [0.25, 0.3) is 8.94 Å². The molecule has 4 aromatic rings. The molecular formula is C32H26Br2N2NiO2Se2. The van der Waals surface area contributed by atoms with Crippen LogP contribution in [0.2, 0.25) is 0 Å². The summed E-state index contributed by atoms with van der Waals surface area (Å²) in [6.07, 6.45) is 7.42. The molecule has 0 aliphatic heterocycles. The Morgan fingerprint density at radius 3 is 1.27 bits per heavy atom. The maximum Gasteiger partial charge on any atom is 0 e. The molecule has 0 unspecified atom stereocenters. The SMILES string of the molecule is COc1ccccc1N=C/C=C(\[Se])c1ccc(Br)cc1.COc1ccccc1N=C/C=C(\[Se])c1ccc(Br)cc1.[Ni]. The van der Waals surface area contributed by atoms with E-state index in [1.165, 1.54) is 0 Å². The molecule has 0 aromatic heterocycles. The monoisotopic (exact) mass is 846 g/mol. The van der Waals surface area contributed by atoms with Crippen LogP contribution in [0.15, 0.2) is 128 Å². The van der Waals surface area contributed by atoms with E-state index >= 15 is 0 Å². The van der Waals surface area contributed by atoms with Crippen molar-refractivity contribution < 1.29 is 26.0 Å². The van der Waals surface area contributed by atoms with Crippen LogP contribution in [0.3, 0.4) is 0 Å². The molecule has 0 atom stereocenters. The van der Waals surface area contributed by atoms with Crippen molar-refractivity contribution in [3.63, 3.8) is 0 Å². The van der Waals surface area contributed by atoms with Gasteiger partial charge in [-0.1, -0.05) is 0 Å². The van der Waals surface area contributed by atoms with Crippen molar-refractivity contribution in [2.45, 2.75) is 0 Å². The third-order valence-corrected chi connectivity index (χ3v) is 7.92. The summed E-state index contributed by atoms with van der Waals surface area (Å²) in [5.74, 6) is 1.53. The van der Waals surface area contributed by atoms with Crippen LogP contribution >= 0.6 is 31.9 Å². The number of methoxy groups -OCH3 is 2. The summed E-state index contributed by atoms with van der Waals surface area (Å²) in [5.41, 5.74) is 3.88. The second-order valence-electron chi connectivity index (χ2n) is 7.98. The molecule has 0 spiro atoms. The first-order valence-electron chi connectivity index (χ1n) is 12.0. The molecule has 0 amide bonds. The van der Waals surface area contributed by atoms with E-state index in [0.29, 0.717) is 0 Å². The zero-order valence-electron chi connectivity index (χ0n) is 22.1. The fourth-order valence-electron chi connectivity index (χ4n) is 3.26. The second-order valence-corrected chi connectivity index (χ2v) is 11.7. The van der Waals surface area contributed by atoms with Crippen molar-refractivity contribution in [3.05, 3.63) is 129 Å². The fourth-order valence-corrected chi connectivity index (χ4v) is 4.62. The zero-order chi connectivity index (χ0) is 28.7. The quantitative estimate of drug-likeness (QED) is 0.132. The first-order chi connectivity index (χ1) is 19.4. The summed E-state index contributed by atoms with van der Waals surface area (Å²) >= 11 is 12.9. The van der Waals surface area contributed by atoms with Gasteiger partial charge in [0.25, 0.3) is 0 Å². The minimum absolute atomic E-state index is 0. The van der Waals surface area contributed by atoms with E-state index in [4.69, 9.17) is 9.47 Å². The summed E-state index contributed by atoms with van der Waals surface area (Å²) in [5, 5.41) is 0. The minimum Gasteiger partial charge on any atom is 0 e. The van der Waals surface area contributed by atoms with Crippen molar-refractivity contribution in [1.29, 1.82) is 0 Å². The number of para-hydroxylation sites is 4. The van der Waals surface area contributed by atoms with Gasteiger partial charge >= 0.3 is 271 Å². The molecule has 0 aliphatic carbocycles. The number of hydrogen-bond acceptors (Lipinski definition) is 4. The zero-order valence-corrected chi connectivity index (χ0v) is 29.7. The van der Waals surface area contributed by atoms with E-state index in [2.05, 4.69) is 73.9 Å². The minimum atomic E-state index is 0. The van der Waals surface area contributed by atoms with E-state index in [9.17, 15) is 0 Å². The fraction of sp³-hybridized carbons (Fsp3) is 0.0625. The first-order valence-corrected chi connectivity index (χ1v) is 15.3. The molecule has 4 rings (SSSR count). The van der Waals surface area contributed by atoms with Crippen LogP contribution in [0, 0.1) is 0 Å². The van der Waals surface area contributed by atoms with Crippen LogP contribution in [0.1, 0.15) is 11.1 Å². The van der Waals surface area contributed by atoms with Gasteiger partial charge in [0.15, 0.2) is 0 Å². The van der Waals surface area contributed by atoms with Crippen LogP contribution < -0.4 is 9.47 Å². The molecule has 0 N–H and O–H groups in total. The van der Waals surface area contributed by atoms with Crippen LogP contribution in [-0.2, 0) is 16.5 Å². The number of nitrogens with zero attached hydrogens (tertiary/aromatic N) is 2. The van der Waals surface area contributed by atoms with Crippen molar-refractivity contribution in [3.8, 4) is 11.5 Å². The van der Waals surface area contributed by atoms with E-state index in [1.54, 1.807) is 26.6 Å². The van der Waals surface area contributed by atoms with Gasteiger partial charge in [-0.25, -0.2) is 0 Å². The van der Waals surface area contributed by atoms with E-state index in [-0.39, 0.29) is 16.5 Å². The van der Waals surface area contributed by atoms with Gasteiger partial charge in [-0.2, -0.15) is 0 Å². The topological polar surface area (TPSA) is 43.2 Å². The summed E-state index contributed by atoms with van der Waals surface area (Å²) in [4.78, 5) is 8.81. The number of rotatable bonds is 8. The van der Waals surface area contributed by atoms with Crippen molar-refractivity contribution in [2.24, 2.45) is 9.98 Å². The van der Waals surface area contributed by atoms with Crippen molar-refractivity contribution in [2.75, 3.05) is 14.2 Å². The van der Waals surface area contributed by atoms with Gasteiger partial charge in [0.05, 0.1) is 0 Å². The Labute approximate surface area is 285 Å². The number of aliphatic imine (C=N–C) groups is 2. The largest absolute Gasteiger partial charge is 0 e. The van der Waals surface area contributed by atoms with Crippen LogP contribution in [0.4, 0.5) is 11.4 Å². The molecule has 41 heavy (non-hydrogen) atoms. The number of hydrogen-bond donors (Lipinski definition) is 0. The number of allylic oxidation sites excluding steroid dienone is 2. The molecule has 212 valence electrons. The van der Waals surface area contributed by atoms with Gasteiger partial charge in [-0.05, 0) is 0 Å². The van der Waals surface area contributed by atoms with E-state index in [0.717, 1.165) is 51.9 Å². The van der Waals surface area contributed by atoms with Gasteiger partial charge in [0.1, 0.15) is 0 Å². The molecule has 0 heterocycles. The third-order valence-electron chi connectivity index (χ3n) is 5.31. The van der Waals surface area contributed by atoms with Gasteiger partial charge in [0, 0.05) is 16.5 Å². The Morgan fingerprint density at radius 1 is 0.585 bits per heavy atom. The Kier molecular flexibility index (Phi) is 16.3. The molecule has 9 heteroatoms. The van der Waals surface area contributed by atoms with Gasteiger partial charge in [-0.3, -0.25) is 0 Å². The summed E-state index contributed by atoms with van der Waals surface area (Å²) in [6, 6.07) is 31.6. The Hall–Kier alpha value is -2.21. The number of ether oxygens (including phenoxy) is 2. The molecular weight excluding hydrogens is 821 g/mol. The molecule has 2 radical (unpaired) electrons. The van der Waals surface area contributed by atoms with Gasteiger partial charge < -0.3 is 0 Å².